The summed E-state index contributed by atoms with van der Waals surface area (Å²) in [6.07, 6.45) is 0. The minimum absolute atomic E-state index is 0. The number of anilines is 2. The van der Waals surface area contributed by atoms with Crippen LogP contribution in [0, 0.1) is 0 Å². The predicted octanol–water partition coefficient (Wildman–Crippen LogP) is 0.432. The first kappa shape index (κ1) is 14.2. The number of rotatable bonds is 2. The summed E-state index contributed by atoms with van der Waals surface area (Å²) in [6, 6.07) is 20.3. The Bertz CT molecular complexity index is 326. The zero-order chi connectivity index (χ0) is 8.93. The molecular weight excluding hydrogens is 259 g/mol. The first-order valence-electron chi connectivity index (χ1n) is 4.32. The first-order chi connectivity index (χ1) is 6.45. The van der Waals surface area contributed by atoms with E-state index in [9.17, 15) is 0 Å². The monoisotopic (exact) mass is 268 g/mol. The average Bonchev–Trinajstić information content (AvgIpc) is 2.21. The van der Waals surface area contributed by atoms with Crippen molar-refractivity contribution in [1.29, 1.82) is 0 Å². The average molecular weight is 270 g/mol. The van der Waals surface area contributed by atoms with Gasteiger partial charge in [-0.15, -0.1) is 0 Å². The maximum absolute atomic E-state index is 3.30. The second kappa shape index (κ2) is 7.45. The van der Waals surface area contributed by atoms with Crippen molar-refractivity contribution in [3.05, 3.63) is 60.7 Å². The molecule has 0 fully saturated rings. The van der Waals surface area contributed by atoms with Crippen LogP contribution in [0.4, 0.5) is 11.4 Å². The van der Waals surface area contributed by atoms with Crippen molar-refractivity contribution in [3.8, 4) is 0 Å². The van der Waals surface area contributed by atoms with Crippen molar-refractivity contribution in [1.82, 2.24) is 0 Å². The van der Waals surface area contributed by atoms with Crippen molar-refractivity contribution < 1.29 is 31.9 Å². The SMILES string of the molecule is [Cl-].[Zn+2].c1ccc(Nc2ccccc2)cc1. The van der Waals surface area contributed by atoms with Crippen LogP contribution in [0.1, 0.15) is 0 Å². The van der Waals surface area contributed by atoms with E-state index in [1.54, 1.807) is 0 Å². The smallest absolute Gasteiger partial charge is 1.00 e. The molecule has 0 aliphatic heterocycles. The van der Waals surface area contributed by atoms with Gasteiger partial charge in [0.1, 0.15) is 0 Å². The van der Waals surface area contributed by atoms with Gasteiger partial charge in [-0.3, -0.25) is 0 Å². The predicted molar refractivity (Wildman–Crippen MR) is 56.2 cm³/mol. The third kappa shape index (κ3) is 4.46. The van der Waals surface area contributed by atoms with Crippen LogP contribution in [0.5, 0.6) is 0 Å². The van der Waals surface area contributed by atoms with Crippen molar-refractivity contribution in [2.45, 2.75) is 0 Å². The van der Waals surface area contributed by atoms with E-state index >= 15 is 0 Å². The molecule has 0 aromatic heterocycles. The maximum Gasteiger partial charge on any atom is 2.00 e. The largest absolute Gasteiger partial charge is 2.00 e. The molecule has 0 saturated carbocycles. The van der Waals surface area contributed by atoms with Crippen LogP contribution in [0.25, 0.3) is 0 Å². The molecule has 0 radical (unpaired) electrons. The number of hydrogen-bond donors (Lipinski definition) is 1. The molecule has 0 atom stereocenters. The number of nitrogens with one attached hydrogen (secondary N) is 1. The van der Waals surface area contributed by atoms with Crippen LogP contribution in [-0.2, 0) is 19.5 Å². The van der Waals surface area contributed by atoms with Crippen molar-refractivity contribution in [3.63, 3.8) is 0 Å². The molecule has 0 saturated heterocycles. The molecule has 1 N–H and O–H groups in total. The molecule has 0 aliphatic rings. The van der Waals surface area contributed by atoms with Gasteiger partial charge in [0.2, 0.25) is 0 Å². The van der Waals surface area contributed by atoms with Gasteiger partial charge in [-0.05, 0) is 24.3 Å². The van der Waals surface area contributed by atoms with E-state index in [0.717, 1.165) is 11.4 Å². The van der Waals surface area contributed by atoms with Gasteiger partial charge in [0.15, 0.2) is 0 Å². The molecule has 2 aromatic rings. The van der Waals surface area contributed by atoms with E-state index in [1.165, 1.54) is 0 Å². The van der Waals surface area contributed by atoms with Gasteiger partial charge >= 0.3 is 19.5 Å². The quantitative estimate of drug-likeness (QED) is 0.780. The molecule has 3 heteroatoms. The second-order valence-corrected chi connectivity index (χ2v) is 2.86. The topological polar surface area (TPSA) is 12.0 Å². The third-order valence-corrected chi connectivity index (χ3v) is 1.84. The Morgan fingerprint density at radius 1 is 0.600 bits per heavy atom. The van der Waals surface area contributed by atoms with E-state index < -0.39 is 0 Å². The summed E-state index contributed by atoms with van der Waals surface area (Å²) in [5.41, 5.74) is 2.24. The van der Waals surface area contributed by atoms with Gasteiger partial charge in [-0.25, -0.2) is 0 Å². The minimum Gasteiger partial charge on any atom is -1.00 e. The van der Waals surface area contributed by atoms with Crippen LogP contribution in [0.3, 0.4) is 0 Å². The van der Waals surface area contributed by atoms with Gasteiger partial charge in [0, 0.05) is 11.4 Å². The van der Waals surface area contributed by atoms with E-state index in [0.29, 0.717) is 0 Å². The molecule has 15 heavy (non-hydrogen) atoms. The molecule has 0 spiro atoms. The molecule has 2 aromatic carbocycles. The molecule has 72 valence electrons. The summed E-state index contributed by atoms with van der Waals surface area (Å²) < 4.78 is 0. The minimum atomic E-state index is 0. The van der Waals surface area contributed by atoms with E-state index in [-0.39, 0.29) is 31.9 Å². The molecule has 0 amide bonds. The van der Waals surface area contributed by atoms with Gasteiger partial charge < -0.3 is 17.7 Å². The Kier molecular flexibility index (Phi) is 7.03. The molecule has 0 unspecified atom stereocenters. The fourth-order valence-electron chi connectivity index (χ4n) is 1.21. The summed E-state index contributed by atoms with van der Waals surface area (Å²) in [7, 11) is 0. The fourth-order valence-corrected chi connectivity index (χ4v) is 1.21. The van der Waals surface area contributed by atoms with Crippen molar-refractivity contribution >= 4 is 11.4 Å². The molecule has 0 bridgehead atoms. The molecule has 1 nitrogen and oxygen atoms in total. The van der Waals surface area contributed by atoms with Gasteiger partial charge in [0.25, 0.3) is 0 Å². The standard InChI is InChI=1S/C12H11N.ClH.Zn/c1-3-7-11(8-4-1)13-12-9-5-2-6-10-12;;/h1-10,13H;1H;/q;;+2/p-1. The Morgan fingerprint density at radius 2 is 0.933 bits per heavy atom. The maximum atomic E-state index is 3.30. The Balaban J connectivity index is 0.000000980. The van der Waals surface area contributed by atoms with Gasteiger partial charge in [-0.2, -0.15) is 0 Å². The Labute approximate surface area is 109 Å². The molecule has 2 rings (SSSR count). The summed E-state index contributed by atoms with van der Waals surface area (Å²) >= 11 is 0. The van der Waals surface area contributed by atoms with Crippen LogP contribution >= 0.6 is 0 Å². The van der Waals surface area contributed by atoms with Crippen molar-refractivity contribution in [2.24, 2.45) is 0 Å². The van der Waals surface area contributed by atoms with Crippen molar-refractivity contribution in [2.75, 3.05) is 5.32 Å². The van der Waals surface area contributed by atoms with Crippen LogP contribution < -0.4 is 17.7 Å². The van der Waals surface area contributed by atoms with E-state index in [2.05, 4.69) is 5.32 Å². The molecule has 0 aliphatic carbocycles. The molecule has 0 heterocycles. The van der Waals surface area contributed by atoms with Gasteiger partial charge in [0.05, 0.1) is 0 Å². The summed E-state index contributed by atoms with van der Waals surface area (Å²) in [5.74, 6) is 0. The fraction of sp³-hybridized carbons (Fsp3) is 0. The number of halogens is 1. The zero-order valence-corrected chi connectivity index (χ0v) is 12.1. The molecular formula is C12H11ClNZn+. The summed E-state index contributed by atoms with van der Waals surface area (Å²) in [5, 5.41) is 3.30. The normalized spacial score (nSPS) is 8.27. The summed E-state index contributed by atoms with van der Waals surface area (Å²) in [6.45, 7) is 0. The van der Waals surface area contributed by atoms with Crippen LogP contribution in [-0.4, -0.2) is 0 Å². The van der Waals surface area contributed by atoms with Crippen LogP contribution in [0.2, 0.25) is 0 Å². The number of hydrogen-bond acceptors (Lipinski definition) is 1. The van der Waals surface area contributed by atoms with E-state index in [4.69, 9.17) is 0 Å². The summed E-state index contributed by atoms with van der Waals surface area (Å²) in [4.78, 5) is 0. The number of para-hydroxylation sites is 2. The van der Waals surface area contributed by atoms with Crippen LogP contribution in [0.15, 0.2) is 60.7 Å². The first-order valence-corrected chi connectivity index (χ1v) is 4.32. The Morgan fingerprint density at radius 3 is 1.27 bits per heavy atom. The second-order valence-electron chi connectivity index (χ2n) is 2.86. The Hall–Kier alpha value is -0.847. The van der Waals surface area contributed by atoms with Gasteiger partial charge in [-0.1, -0.05) is 36.4 Å². The van der Waals surface area contributed by atoms with E-state index in [1.807, 2.05) is 60.7 Å². The number of benzene rings is 2. The zero-order valence-electron chi connectivity index (χ0n) is 8.36. The third-order valence-electron chi connectivity index (χ3n) is 1.84.